The van der Waals surface area contributed by atoms with Crippen LogP contribution >= 0.6 is 0 Å². The third kappa shape index (κ3) is 2.94. The minimum absolute atomic E-state index is 0.153. The van der Waals surface area contributed by atoms with Gasteiger partial charge >= 0.3 is 0 Å². The van der Waals surface area contributed by atoms with Crippen molar-refractivity contribution in [1.82, 2.24) is 0 Å². The molecule has 21 heavy (non-hydrogen) atoms. The maximum absolute atomic E-state index is 13.2. The number of anilines is 1. The van der Waals surface area contributed by atoms with E-state index in [9.17, 15) is 13.6 Å². The number of carbonyl (C=O) groups excluding carboxylic acids is 1. The molecule has 1 atom stereocenters. The first-order valence-corrected chi connectivity index (χ1v) is 6.98. The van der Waals surface area contributed by atoms with Gasteiger partial charge < -0.3 is 5.32 Å². The predicted octanol–water partition coefficient (Wildman–Crippen LogP) is 4.02. The fourth-order valence-electron chi connectivity index (χ4n) is 2.88. The summed E-state index contributed by atoms with van der Waals surface area (Å²) < 4.78 is 26.3. The van der Waals surface area contributed by atoms with E-state index in [0.717, 1.165) is 43.0 Å². The highest BCUT2D eigenvalue weighted by molar-refractivity contribution is 5.96. The van der Waals surface area contributed by atoms with Gasteiger partial charge in [0.05, 0.1) is 5.92 Å². The van der Waals surface area contributed by atoms with Gasteiger partial charge in [0.15, 0.2) is 0 Å². The Morgan fingerprint density at radius 3 is 2.57 bits per heavy atom. The predicted molar refractivity (Wildman–Crippen MR) is 77.1 cm³/mol. The Labute approximate surface area is 121 Å². The van der Waals surface area contributed by atoms with Gasteiger partial charge in [0.1, 0.15) is 11.6 Å². The van der Waals surface area contributed by atoms with Crippen LogP contribution in [0.4, 0.5) is 14.5 Å². The van der Waals surface area contributed by atoms with Crippen LogP contribution in [0.15, 0.2) is 42.5 Å². The first-order valence-electron chi connectivity index (χ1n) is 6.98. The van der Waals surface area contributed by atoms with E-state index in [0.29, 0.717) is 0 Å². The number of hydrogen-bond acceptors (Lipinski definition) is 1. The molecule has 2 aromatic carbocycles. The number of rotatable bonds is 2. The third-order valence-electron chi connectivity index (χ3n) is 3.82. The van der Waals surface area contributed by atoms with Gasteiger partial charge in [-0.2, -0.15) is 0 Å². The first-order chi connectivity index (χ1) is 10.1. The van der Waals surface area contributed by atoms with E-state index < -0.39 is 11.6 Å². The molecule has 0 saturated heterocycles. The fourth-order valence-corrected chi connectivity index (χ4v) is 2.88. The molecule has 0 heterocycles. The smallest absolute Gasteiger partial charge is 0.231 e. The molecule has 1 amide bonds. The lowest BCUT2D eigenvalue weighted by molar-refractivity contribution is -0.117. The summed E-state index contributed by atoms with van der Waals surface area (Å²) in [5.74, 6) is -1.88. The van der Waals surface area contributed by atoms with Crippen molar-refractivity contribution >= 4 is 11.6 Å². The highest BCUT2D eigenvalue weighted by atomic mass is 19.1. The van der Waals surface area contributed by atoms with Crippen LogP contribution in [-0.2, 0) is 11.2 Å². The van der Waals surface area contributed by atoms with Crippen molar-refractivity contribution in [1.29, 1.82) is 0 Å². The summed E-state index contributed by atoms with van der Waals surface area (Å²) >= 11 is 0. The number of halogens is 2. The van der Waals surface area contributed by atoms with Crippen LogP contribution in [0.1, 0.15) is 29.9 Å². The number of benzene rings is 2. The van der Waals surface area contributed by atoms with Crippen LogP contribution in [0, 0.1) is 11.6 Å². The van der Waals surface area contributed by atoms with Crippen molar-refractivity contribution in [2.45, 2.75) is 25.2 Å². The van der Waals surface area contributed by atoms with Gasteiger partial charge in [0.2, 0.25) is 5.91 Å². The first kappa shape index (κ1) is 13.7. The molecule has 2 aromatic rings. The van der Waals surface area contributed by atoms with Gasteiger partial charge in [-0.15, -0.1) is 0 Å². The molecule has 0 aromatic heterocycles. The molecule has 1 aliphatic carbocycles. The van der Waals surface area contributed by atoms with Crippen molar-refractivity contribution in [3.05, 3.63) is 65.2 Å². The van der Waals surface area contributed by atoms with Gasteiger partial charge in [-0.05, 0) is 42.5 Å². The van der Waals surface area contributed by atoms with Gasteiger partial charge in [-0.25, -0.2) is 8.78 Å². The van der Waals surface area contributed by atoms with Gasteiger partial charge in [-0.3, -0.25) is 4.79 Å². The second-order valence-corrected chi connectivity index (χ2v) is 5.29. The molecule has 3 rings (SSSR count). The van der Waals surface area contributed by atoms with Gasteiger partial charge in [-0.1, -0.05) is 24.3 Å². The molecule has 0 radical (unpaired) electrons. The maximum atomic E-state index is 13.2. The lowest BCUT2D eigenvalue weighted by atomic mass is 9.82. The second-order valence-electron chi connectivity index (χ2n) is 5.29. The average molecular weight is 287 g/mol. The number of amides is 1. The molecule has 1 N–H and O–H groups in total. The Hall–Kier alpha value is -2.23. The molecule has 0 fully saturated rings. The molecule has 2 nitrogen and oxygen atoms in total. The van der Waals surface area contributed by atoms with Crippen molar-refractivity contribution in [3.8, 4) is 0 Å². The third-order valence-corrected chi connectivity index (χ3v) is 3.82. The molecule has 108 valence electrons. The Kier molecular flexibility index (Phi) is 3.69. The number of nitrogens with one attached hydrogen (secondary N) is 1. The minimum Gasteiger partial charge on any atom is -0.325 e. The molecular formula is C17H15F2NO. The van der Waals surface area contributed by atoms with Crippen LogP contribution < -0.4 is 5.32 Å². The summed E-state index contributed by atoms with van der Waals surface area (Å²) in [5, 5.41) is 2.62. The summed E-state index contributed by atoms with van der Waals surface area (Å²) in [7, 11) is 0. The zero-order valence-corrected chi connectivity index (χ0v) is 11.4. The summed E-state index contributed by atoms with van der Waals surface area (Å²) in [4.78, 5) is 12.4. The highest BCUT2D eigenvalue weighted by Gasteiger charge is 2.26. The van der Waals surface area contributed by atoms with Crippen molar-refractivity contribution in [2.75, 3.05) is 5.32 Å². The Morgan fingerprint density at radius 1 is 1.10 bits per heavy atom. The van der Waals surface area contributed by atoms with E-state index >= 15 is 0 Å². The second kappa shape index (κ2) is 5.64. The van der Waals surface area contributed by atoms with E-state index in [1.54, 1.807) is 0 Å². The van der Waals surface area contributed by atoms with Crippen LogP contribution in [0.2, 0.25) is 0 Å². The number of fused-ring (bicyclic) bond motifs is 1. The van der Waals surface area contributed by atoms with Crippen molar-refractivity contribution in [2.24, 2.45) is 0 Å². The molecule has 0 spiro atoms. The molecule has 0 saturated carbocycles. The normalized spacial score (nSPS) is 17.1. The Morgan fingerprint density at radius 2 is 1.81 bits per heavy atom. The largest absolute Gasteiger partial charge is 0.325 e. The molecule has 1 unspecified atom stereocenters. The van der Waals surface area contributed by atoms with Gasteiger partial charge in [0.25, 0.3) is 0 Å². The van der Waals surface area contributed by atoms with Crippen LogP contribution in [0.5, 0.6) is 0 Å². The van der Waals surface area contributed by atoms with Crippen LogP contribution in [0.3, 0.4) is 0 Å². The van der Waals surface area contributed by atoms with E-state index in [1.165, 1.54) is 5.56 Å². The monoisotopic (exact) mass is 287 g/mol. The maximum Gasteiger partial charge on any atom is 0.231 e. The van der Waals surface area contributed by atoms with Gasteiger partial charge in [0, 0.05) is 11.8 Å². The van der Waals surface area contributed by atoms with E-state index in [2.05, 4.69) is 5.32 Å². The Bertz CT molecular complexity index is 664. The van der Waals surface area contributed by atoms with Crippen molar-refractivity contribution in [3.63, 3.8) is 0 Å². The molecule has 0 bridgehead atoms. The summed E-state index contributed by atoms with van der Waals surface area (Å²) in [5.41, 5.74) is 2.34. The standard InChI is InChI=1S/C17H15F2NO/c18-12-8-13(19)10-14(9-12)20-17(21)16-7-3-5-11-4-1-2-6-15(11)16/h1-2,4,6,8-10,16H,3,5,7H2,(H,20,21). The number of carbonyl (C=O) groups is 1. The van der Waals surface area contributed by atoms with E-state index in [4.69, 9.17) is 0 Å². The summed E-state index contributed by atoms with van der Waals surface area (Å²) in [6.07, 6.45) is 2.65. The fraction of sp³-hybridized carbons (Fsp3) is 0.235. The average Bonchev–Trinajstić information content (AvgIpc) is 2.45. The van der Waals surface area contributed by atoms with Crippen LogP contribution in [-0.4, -0.2) is 5.91 Å². The quantitative estimate of drug-likeness (QED) is 0.888. The van der Waals surface area contributed by atoms with Crippen LogP contribution in [0.25, 0.3) is 0 Å². The summed E-state index contributed by atoms with van der Waals surface area (Å²) in [6.45, 7) is 0. The number of hydrogen-bond donors (Lipinski definition) is 1. The number of aryl methyl sites for hydroxylation is 1. The van der Waals surface area contributed by atoms with Crippen molar-refractivity contribution < 1.29 is 13.6 Å². The SMILES string of the molecule is O=C(Nc1cc(F)cc(F)c1)C1CCCc2ccccc21. The molecule has 0 aliphatic heterocycles. The lowest BCUT2D eigenvalue weighted by Crippen LogP contribution is -2.24. The topological polar surface area (TPSA) is 29.1 Å². The highest BCUT2D eigenvalue weighted by Crippen LogP contribution is 2.32. The Balaban J connectivity index is 1.83. The molecular weight excluding hydrogens is 272 g/mol. The zero-order chi connectivity index (χ0) is 14.8. The van der Waals surface area contributed by atoms with E-state index in [-0.39, 0.29) is 17.5 Å². The lowest BCUT2D eigenvalue weighted by Gasteiger charge is -2.24. The van der Waals surface area contributed by atoms with E-state index in [1.807, 2.05) is 24.3 Å². The molecule has 1 aliphatic rings. The zero-order valence-electron chi connectivity index (χ0n) is 11.4. The molecule has 4 heteroatoms. The minimum atomic E-state index is -0.700. The summed E-state index contributed by atoms with van der Waals surface area (Å²) in [6, 6.07) is 10.9.